The van der Waals surface area contributed by atoms with E-state index in [1.165, 1.54) is 17.7 Å². The molecule has 1 amide bonds. The van der Waals surface area contributed by atoms with Gasteiger partial charge in [0.2, 0.25) is 0 Å². The Kier molecular flexibility index (Phi) is 5.03. The van der Waals surface area contributed by atoms with E-state index >= 15 is 0 Å². The number of carbonyl (C=O) groups is 1. The summed E-state index contributed by atoms with van der Waals surface area (Å²) in [4.78, 5) is 14.3. The van der Waals surface area contributed by atoms with E-state index in [2.05, 4.69) is 12.6 Å². The van der Waals surface area contributed by atoms with E-state index in [1.807, 2.05) is 18.2 Å². The molecule has 0 unspecified atom stereocenters. The molecule has 3 rings (SSSR count). The molecule has 0 fully saturated rings. The molecule has 1 atom stereocenters. The molecule has 2 aromatic carbocycles. The van der Waals surface area contributed by atoms with Crippen LogP contribution in [0.15, 0.2) is 60.8 Å². The van der Waals surface area contributed by atoms with E-state index in [4.69, 9.17) is 10.5 Å². The average molecular weight is 340 g/mol. The molecule has 2 N–H and O–H groups in total. The van der Waals surface area contributed by atoms with Crippen molar-refractivity contribution in [2.24, 2.45) is 5.73 Å². The van der Waals surface area contributed by atoms with Crippen LogP contribution in [0.1, 0.15) is 29.2 Å². The summed E-state index contributed by atoms with van der Waals surface area (Å²) < 4.78 is 18.7. The highest BCUT2D eigenvalue weighted by Gasteiger charge is 2.32. The Hall–Kier alpha value is -2.82. The highest BCUT2D eigenvalue weighted by molar-refractivity contribution is 5.70. The van der Waals surface area contributed by atoms with Crippen molar-refractivity contribution in [3.8, 4) is 0 Å². The number of amides is 1. The van der Waals surface area contributed by atoms with Crippen molar-refractivity contribution in [1.29, 1.82) is 0 Å². The van der Waals surface area contributed by atoms with Gasteiger partial charge in [-0.15, -0.1) is 0 Å². The van der Waals surface area contributed by atoms with Crippen LogP contribution >= 0.6 is 0 Å². The number of fused-ring (bicyclic) bond motifs is 1. The zero-order valence-corrected chi connectivity index (χ0v) is 14.0. The number of hydrogen-bond acceptors (Lipinski definition) is 3. The molecule has 0 aliphatic carbocycles. The van der Waals surface area contributed by atoms with E-state index in [0.717, 1.165) is 17.5 Å². The van der Waals surface area contributed by atoms with Gasteiger partial charge in [0, 0.05) is 18.7 Å². The molecular formula is C20H21FN2O2. The second kappa shape index (κ2) is 7.38. The Morgan fingerprint density at radius 2 is 1.96 bits per heavy atom. The smallest absolute Gasteiger partial charge is 0.410 e. The molecule has 1 aliphatic heterocycles. The molecule has 4 nitrogen and oxygen atoms in total. The first kappa shape index (κ1) is 17.0. The van der Waals surface area contributed by atoms with Crippen molar-refractivity contribution < 1.29 is 13.9 Å². The predicted molar refractivity (Wildman–Crippen MR) is 94.4 cm³/mol. The highest BCUT2D eigenvalue weighted by atomic mass is 19.1. The maximum atomic E-state index is 13.3. The summed E-state index contributed by atoms with van der Waals surface area (Å²) in [6.07, 6.45) is 0.786. The van der Waals surface area contributed by atoms with Crippen LogP contribution in [0.2, 0.25) is 0 Å². The third-order valence-corrected chi connectivity index (χ3v) is 4.35. The van der Waals surface area contributed by atoms with Crippen LogP contribution in [0.5, 0.6) is 0 Å². The van der Waals surface area contributed by atoms with Gasteiger partial charge < -0.3 is 10.5 Å². The van der Waals surface area contributed by atoms with E-state index in [9.17, 15) is 9.18 Å². The fourth-order valence-corrected chi connectivity index (χ4v) is 3.12. The summed E-state index contributed by atoms with van der Waals surface area (Å²) >= 11 is 0. The number of nitrogens with zero attached hydrogens (tertiary/aromatic N) is 1. The van der Waals surface area contributed by atoms with Crippen LogP contribution < -0.4 is 5.73 Å². The van der Waals surface area contributed by atoms with Gasteiger partial charge in [0.25, 0.3) is 0 Å². The van der Waals surface area contributed by atoms with E-state index in [0.29, 0.717) is 18.7 Å². The summed E-state index contributed by atoms with van der Waals surface area (Å²) in [6.45, 7) is 4.34. The number of hydrogen-bond donors (Lipinski definition) is 1. The van der Waals surface area contributed by atoms with Crippen LogP contribution in [0.4, 0.5) is 9.18 Å². The molecule has 2 aromatic rings. The Morgan fingerprint density at radius 1 is 1.24 bits per heavy atom. The molecule has 0 saturated carbocycles. The average Bonchev–Trinajstić information content (AvgIpc) is 2.61. The predicted octanol–water partition coefficient (Wildman–Crippen LogP) is 3.77. The topological polar surface area (TPSA) is 55.6 Å². The fraction of sp³-hybridized carbons (Fsp3) is 0.250. The molecule has 0 bridgehead atoms. The van der Waals surface area contributed by atoms with Gasteiger partial charge in [0.15, 0.2) is 0 Å². The lowest BCUT2D eigenvalue weighted by atomic mass is 9.88. The van der Waals surface area contributed by atoms with Gasteiger partial charge >= 0.3 is 6.09 Å². The number of nitrogens with two attached hydrogens (primary N) is 1. The monoisotopic (exact) mass is 340 g/mol. The number of carbonyl (C=O) groups excluding carboxylic acids is 1. The van der Waals surface area contributed by atoms with Crippen LogP contribution in [0, 0.1) is 5.82 Å². The molecule has 0 spiro atoms. The lowest BCUT2D eigenvalue weighted by Crippen LogP contribution is -2.41. The molecule has 1 aliphatic rings. The normalized spacial score (nSPS) is 16.2. The number of halogens is 1. The summed E-state index contributed by atoms with van der Waals surface area (Å²) in [5, 5.41) is 0. The molecular weight excluding hydrogens is 319 g/mol. The number of benzene rings is 2. The minimum Gasteiger partial charge on any atom is -0.449 e. The summed E-state index contributed by atoms with van der Waals surface area (Å²) in [6, 6.07) is 14.0. The fourth-order valence-electron chi connectivity index (χ4n) is 3.12. The quantitative estimate of drug-likeness (QED) is 0.922. The van der Waals surface area contributed by atoms with Gasteiger partial charge in [-0.05, 0) is 35.2 Å². The van der Waals surface area contributed by atoms with Gasteiger partial charge in [-0.25, -0.2) is 9.18 Å². The molecule has 1 heterocycles. The first-order chi connectivity index (χ1) is 12.1. The minimum absolute atomic E-state index is 0.197. The lowest BCUT2D eigenvalue weighted by molar-refractivity contribution is 0.0902. The van der Waals surface area contributed by atoms with Crippen molar-refractivity contribution in [3.05, 3.63) is 83.3 Å². The third kappa shape index (κ3) is 3.82. The largest absolute Gasteiger partial charge is 0.449 e. The lowest BCUT2D eigenvalue weighted by Gasteiger charge is -2.37. The summed E-state index contributed by atoms with van der Waals surface area (Å²) in [5.41, 5.74) is 9.08. The Labute approximate surface area is 146 Å². The van der Waals surface area contributed by atoms with E-state index < -0.39 is 6.09 Å². The Bertz CT molecular complexity index is 774. The van der Waals surface area contributed by atoms with E-state index in [1.54, 1.807) is 17.0 Å². The van der Waals surface area contributed by atoms with Crippen LogP contribution in [0.25, 0.3) is 0 Å². The first-order valence-corrected chi connectivity index (χ1v) is 8.26. The standard InChI is InChI=1S/C20H21FN2O2/c1-14(22)11-13-25-20(24)23-12-10-15-4-2-3-5-18(15)19(23)16-6-8-17(21)9-7-16/h2-9,19H,1,10-13,22H2/t19-/m0/s1. The molecule has 0 radical (unpaired) electrons. The molecule has 0 aromatic heterocycles. The highest BCUT2D eigenvalue weighted by Crippen LogP contribution is 2.35. The third-order valence-electron chi connectivity index (χ3n) is 4.35. The number of rotatable bonds is 4. The Morgan fingerprint density at radius 3 is 2.68 bits per heavy atom. The van der Waals surface area contributed by atoms with Crippen LogP contribution in [0.3, 0.4) is 0 Å². The second-order valence-electron chi connectivity index (χ2n) is 6.12. The SMILES string of the molecule is C=C(N)CCOC(=O)N1CCc2ccccc2[C@@H]1c1ccc(F)cc1. The molecule has 5 heteroatoms. The first-order valence-electron chi connectivity index (χ1n) is 8.26. The van der Waals surface area contributed by atoms with Gasteiger partial charge in [-0.2, -0.15) is 0 Å². The summed E-state index contributed by atoms with van der Waals surface area (Å²) in [7, 11) is 0. The van der Waals surface area contributed by atoms with Crippen LogP contribution in [-0.2, 0) is 11.2 Å². The van der Waals surface area contributed by atoms with Gasteiger partial charge in [0.05, 0.1) is 12.6 Å². The van der Waals surface area contributed by atoms with Crippen molar-refractivity contribution in [2.45, 2.75) is 18.9 Å². The van der Waals surface area contributed by atoms with Gasteiger partial charge in [-0.3, -0.25) is 4.90 Å². The minimum atomic E-state index is -0.398. The molecule has 25 heavy (non-hydrogen) atoms. The zero-order valence-electron chi connectivity index (χ0n) is 14.0. The second-order valence-corrected chi connectivity index (χ2v) is 6.12. The van der Waals surface area contributed by atoms with Crippen molar-refractivity contribution >= 4 is 6.09 Å². The number of ether oxygens (including phenoxy) is 1. The van der Waals surface area contributed by atoms with Crippen molar-refractivity contribution in [3.63, 3.8) is 0 Å². The van der Waals surface area contributed by atoms with Crippen LogP contribution in [-0.4, -0.2) is 24.1 Å². The molecule has 130 valence electrons. The van der Waals surface area contributed by atoms with Crippen molar-refractivity contribution in [2.75, 3.05) is 13.2 Å². The Balaban J connectivity index is 1.90. The van der Waals surface area contributed by atoms with Gasteiger partial charge in [0.1, 0.15) is 5.82 Å². The molecule has 0 saturated heterocycles. The van der Waals surface area contributed by atoms with E-state index in [-0.39, 0.29) is 18.5 Å². The maximum Gasteiger partial charge on any atom is 0.410 e. The summed E-state index contributed by atoms with van der Waals surface area (Å²) in [5.74, 6) is -0.302. The van der Waals surface area contributed by atoms with Crippen molar-refractivity contribution in [1.82, 2.24) is 4.90 Å². The zero-order chi connectivity index (χ0) is 17.8. The van der Waals surface area contributed by atoms with Gasteiger partial charge in [-0.1, -0.05) is 43.0 Å². The maximum absolute atomic E-state index is 13.3.